The molecule has 0 aromatic heterocycles. The second-order valence-corrected chi connectivity index (χ2v) is 11.7. The highest BCUT2D eigenvalue weighted by Gasteiger charge is 2.24. The van der Waals surface area contributed by atoms with Gasteiger partial charge >= 0.3 is 0 Å². The van der Waals surface area contributed by atoms with Crippen LogP contribution in [0.4, 0.5) is 5.69 Å². The van der Waals surface area contributed by atoms with Crippen molar-refractivity contribution >= 4 is 21.6 Å². The van der Waals surface area contributed by atoms with E-state index in [4.69, 9.17) is 4.74 Å². The van der Waals surface area contributed by atoms with Crippen molar-refractivity contribution in [3.05, 3.63) is 108 Å². The molecular weight excluding hydrogens is 526 g/mol. The standard InChI is InChI=1S/C31H39N3O5S/c1-4-17-39-28-16-9-13-25(19-28)22-32-23-30(35)29(20-24-11-7-6-8-12-24)33-31(36)26-14-10-15-27(21-26)34(3)40(37,38)18-5-2/h4,6-16,19,21,29-30,32,35H,1,5,17-18,20,22-23H2,2-3H3,(H,33,36)/t29-,30+/m0/s1. The van der Waals surface area contributed by atoms with Gasteiger partial charge in [-0.2, -0.15) is 0 Å². The van der Waals surface area contributed by atoms with E-state index in [1.54, 1.807) is 37.3 Å². The second-order valence-electron chi connectivity index (χ2n) is 9.55. The first-order valence-corrected chi connectivity index (χ1v) is 15.0. The molecule has 8 nitrogen and oxygen atoms in total. The van der Waals surface area contributed by atoms with E-state index < -0.39 is 28.1 Å². The minimum absolute atomic E-state index is 0.0183. The number of ether oxygens (including phenoxy) is 1. The van der Waals surface area contributed by atoms with E-state index in [2.05, 4.69) is 17.2 Å². The lowest BCUT2D eigenvalue weighted by molar-refractivity contribution is 0.0830. The fourth-order valence-electron chi connectivity index (χ4n) is 4.21. The molecule has 0 unspecified atom stereocenters. The highest BCUT2D eigenvalue weighted by molar-refractivity contribution is 7.92. The third kappa shape index (κ3) is 9.22. The molecule has 3 rings (SSSR count). The number of carbonyl (C=O) groups excluding carboxylic acids is 1. The maximum atomic E-state index is 13.3. The number of nitrogens with zero attached hydrogens (tertiary/aromatic N) is 1. The van der Waals surface area contributed by atoms with E-state index >= 15 is 0 Å². The van der Waals surface area contributed by atoms with Gasteiger partial charge in [0.05, 0.1) is 23.6 Å². The maximum absolute atomic E-state index is 13.3. The van der Waals surface area contributed by atoms with E-state index in [0.717, 1.165) is 16.9 Å². The first-order chi connectivity index (χ1) is 19.2. The summed E-state index contributed by atoms with van der Waals surface area (Å²) in [5.74, 6) is 0.365. The monoisotopic (exact) mass is 565 g/mol. The Morgan fingerprint density at radius 1 is 1.05 bits per heavy atom. The fraction of sp³-hybridized carbons (Fsp3) is 0.323. The summed E-state index contributed by atoms with van der Waals surface area (Å²) in [5, 5.41) is 17.4. The Labute approximate surface area is 237 Å². The predicted molar refractivity (Wildman–Crippen MR) is 160 cm³/mol. The van der Waals surface area contributed by atoms with Crippen molar-refractivity contribution in [2.45, 2.75) is 38.5 Å². The Hall–Kier alpha value is -3.66. The van der Waals surface area contributed by atoms with Crippen LogP contribution in [0.5, 0.6) is 5.75 Å². The van der Waals surface area contributed by atoms with Crippen molar-refractivity contribution in [3.8, 4) is 5.75 Å². The van der Waals surface area contributed by atoms with Gasteiger partial charge in [0.1, 0.15) is 12.4 Å². The zero-order valence-corrected chi connectivity index (χ0v) is 23.9. The summed E-state index contributed by atoms with van der Waals surface area (Å²) in [7, 11) is -2.00. The fourth-order valence-corrected chi connectivity index (χ4v) is 5.43. The Kier molecular flexibility index (Phi) is 11.7. The SMILES string of the molecule is C=CCOc1cccc(CNC[C@@H](O)[C@H](Cc2ccccc2)NC(=O)c2cccc(N(C)S(=O)(=O)CCC)c2)c1. The number of benzene rings is 3. The summed E-state index contributed by atoms with van der Waals surface area (Å²) in [6.45, 7) is 6.64. The van der Waals surface area contributed by atoms with Crippen LogP contribution in [0.15, 0.2) is 91.5 Å². The summed E-state index contributed by atoms with van der Waals surface area (Å²) in [6.07, 6.45) is 1.71. The normalized spacial score (nSPS) is 12.8. The molecule has 9 heteroatoms. The minimum atomic E-state index is -3.48. The maximum Gasteiger partial charge on any atom is 0.251 e. The molecule has 2 atom stereocenters. The number of sulfonamides is 1. The Bertz CT molecular complexity index is 1350. The van der Waals surface area contributed by atoms with Crippen LogP contribution < -0.4 is 19.7 Å². The van der Waals surface area contributed by atoms with Gasteiger partial charge in [-0.3, -0.25) is 9.10 Å². The number of hydrogen-bond donors (Lipinski definition) is 3. The number of rotatable bonds is 16. The van der Waals surface area contributed by atoms with Gasteiger partial charge in [0.2, 0.25) is 10.0 Å². The molecule has 0 aliphatic heterocycles. The molecule has 0 bridgehead atoms. The summed E-state index contributed by atoms with van der Waals surface area (Å²) >= 11 is 0. The van der Waals surface area contributed by atoms with Crippen molar-refractivity contribution in [3.63, 3.8) is 0 Å². The predicted octanol–water partition coefficient (Wildman–Crippen LogP) is 3.92. The third-order valence-corrected chi connectivity index (χ3v) is 8.35. The summed E-state index contributed by atoms with van der Waals surface area (Å²) in [5.41, 5.74) is 2.68. The molecule has 3 N–H and O–H groups in total. The third-order valence-electron chi connectivity index (χ3n) is 6.38. The number of aliphatic hydroxyl groups is 1. The molecule has 0 saturated carbocycles. The lowest BCUT2D eigenvalue weighted by atomic mass is 10.00. The van der Waals surface area contributed by atoms with Gasteiger partial charge in [0, 0.05) is 25.7 Å². The molecule has 0 spiro atoms. The van der Waals surface area contributed by atoms with Gasteiger partial charge < -0.3 is 20.5 Å². The van der Waals surface area contributed by atoms with Gasteiger partial charge in [-0.05, 0) is 54.3 Å². The molecule has 0 aliphatic carbocycles. The number of amides is 1. The molecular formula is C31H39N3O5S. The highest BCUT2D eigenvalue weighted by atomic mass is 32.2. The molecule has 0 aliphatic rings. The quantitative estimate of drug-likeness (QED) is 0.227. The number of hydrogen-bond acceptors (Lipinski definition) is 6. The Balaban J connectivity index is 1.70. The molecule has 3 aromatic rings. The largest absolute Gasteiger partial charge is 0.490 e. The van der Waals surface area contributed by atoms with E-state index in [1.807, 2.05) is 54.6 Å². The zero-order valence-electron chi connectivity index (χ0n) is 23.1. The zero-order chi connectivity index (χ0) is 29.0. The topological polar surface area (TPSA) is 108 Å². The van der Waals surface area contributed by atoms with Crippen LogP contribution in [0, 0.1) is 0 Å². The lowest BCUT2D eigenvalue weighted by Gasteiger charge is -2.25. The van der Waals surface area contributed by atoms with E-state index in [1.165, 1.54) is 11.4 Å². The average molecular weight is 566 g/mol. The lowest BCUT2D eigenvalue weighted by Crippen LogP contribution is -2.48. The van der Waals surface area contributed by atoms with Gasteiger partial charge in [0.25, 0.3) is 5.91 Å². The van der Waals surface area contributed by atoms with Crippen LogP contribution in [0.1, 0.15) is 34.8 Å². The molecule has 0 radical (unpaired) electrons. The van der Waals surface area contributed by atoms with Gasteiger partial charge in [-0.15, -0.1) is 0 Å². The van der Waals surface area contributed by atoms with Crippen LogP contribution in [0.3, 0.4) is 0 Å². The highest BCUT2D eigenvalue weighted by Crippen LogP contribution is 2.19. The molecule has 40 heavy (non-hydrogen) atoms. The average Bonchev–Trinajstić information content (AvgIpc) is 2.96. The number of aliphatic hydroxyl groups excluding tert-OH is 1. The molecule has 0 heterocycles. The van der Waals surface area contributed by atoms with Crippen molar-refractivity contribution < 1.29 is 23.1 Å². The first kappa shape index (κ1) is 30.9. The smallest absolute Gasteiger partial charge is 0.251 e. The molecule has 214 valence electrons. The summed E-state index contributed by atoms with van der Waals surface area (Å²) in [6, 6.07) is 23.2. The molecule has 3 aromatic carbocycles. The van der Waals surface area contributed by atoms with Crippen LogP contribution in [-0.2, 0) is 23.0 Å². The van der Waals surface area contributed by atoms with Crippen LogP contribution in [-0.4, -0.2) is 57.5 Å². The second kappa shape index (κ2) is 15.2. The van der Waals surface area contributed by atoms with Crippen molar-refractivity contribution in [1.29, 1.82) is 0 Å². The molecule has 1 amide bonds. The van der Waals surface area contributed by atoms with E-state index in [0.29, 0.717) is 37.2 Å². The molecule has 0 saturated heterocycles. The van der Waals surface area contributed by atoms with Crippen LogP contribution in [0.2, 0.25) is 0 Å². The van der Waals surface area contributed by atoms with Gasteiger partial charge in [-0.25, -0.2) is 8.42 Å². The first-order valence-electron chi connectivity index (χ1n) is 13.4. The van der Waals surface area contributed by atoms with Gasteiger partial charge in [-0.1, -0.05) is 68.1 Å². The summed E-state index contributed by atoms with van der Waals surface area (Å²) in [4.78, 5) is 13.3. The minimum Gasteiger partial charge on any atom is -0.490 e. The van der Waals surface area contributed by atoms with E-state index in [-0.39, 0.29) is 12.3 Å². The number of nitrogens with one attached hydrogen (secondary N) is 2. The number of carbonyl (C=O) groups is 1. The van der Waals surface area contributed by atoms with E-state index in [9.17, 15) is 18.3 Å². The molecule has 0 fully saturated rings. The Morgan fingerprint density at radius 2 is 1.77 bits per heavy atom. The summed E-state index contributed by atoms with van der Waals surface area (Å²) < 4.78 is 31.8. The van der Waals surface area contributed by atoms with Crippen molar-refractivity contribution in [2.24, 2.45) is 0 Å². The number of anilines is 1. The van der Waals surface area contributed by atoms with Crippen LogP contribution in [0.25, 0.3) is 0 Å². The van der Waals surface area contributed by atoms with Crippen molar-refractivity contribution in [2.75, 3.05) is 30.3 Å². The van der Waals surface area contributed by atoms with Crippen molar-refractivity contribution in [1.82, 2.24) is 10.6 Å². The van der Waals surface area contributed by atoms with Crippen LogP contribution >= 0.6 is 0 Å². The Morgan fingerprint density at radius 3 is 2.50 bits per heavy atom. The van der Waals surface area contributed by atoms with Gasteiger partial charge in [0.15, 0.2) is 0 Å².